The van der Waals surface area contributed by atoms with E-state index < -0.39 is 5.54 Å². The number of carbonyl (C=O) groups is 1. The van der Waals surface area contributed by atoms with E-state index in [1.165, 1.54) is 0 Å². The number of nitrogens with two attached hydrogens (primary N) is 1. The Balaban J connectivity index is 2.63. The zero-order valence-electron chi connectivity index (χ0n) is 11.5. The molecule has 4 heteroatoms. The predicted octanol–water partition coefficient (Wildman–Crippen LogP) is 1.24. The zero-order valence-corrected chi connectivity index (χ0v) is 11.5. The predicted molar refractivity (Wildman–Crippen MR) is 68.6 cm³/mol. The summed E-state index contributed by atoms with van der Waals surface area (Å²) in [6.07, 6.45) is 2.16. The third-order valence-electron chi connectivity index (χ3n) is 3.32. The van der Waals surface area contributed by atoms with Crippen LogP contribution in [0.5, 0.6) is 0 Å². The smallest absolute Gasteiger partial charge is 0.242 e. The van der Waals surface area contributed by atoms with Crippen LogP contribution >= 0.6 is 0 Å². The Hall–Kier alpha value is -0.610. The molecule has 17 heavy (non-hydrogen) atoms. The summed E-state index contributed by atoms with van der Waals surface area (Å²) in [5.41, 5.74) is 5.49. The maximum Gasteiger partial charge on any atom is 0.242 e. The Morgan fingerprint density at radius 3 is 2.53 bits per heavy atom. The number of amides is 1. The molecule has 1 atom stereocenters. The monoisotopic (exact) mass is 242 g/mol. The fourth-order valence-corrected chi connectivity index (χ4v) is 2.12. The highest BCUT2D eigenvalue weighted by Gasteiger charge is 2.45. The lowest BCUT2D eigenvalue weighted by Crippen LogP contribution is -2.56. The second-order valence-corrected chi connectivity index (χ2v) is 5.69. The minimum Gasteiger partial charge on any atom is -0.383 e. The maximum atomic E-state index is 12.4. The number of rotatable bonds is 7. The summed E-state index contributed by atoms with van der Waals surface area (Å²) in [7, 11) is 1.65. The van der Waals surface area contributed by atoms with Gasteiger partial charge in [-0.05, 0) is 31.6 Å². The summed E-state index contributed by atoms with van der Waals surface area (Å²) >= 11 is 0. The van der Waals surface area contributed by atoms with Crippen molar-refractivity contribution in [1.29, 1.82) is 0 Å². The normalized spacial score (nSPS) is 19.2. The SMILES string of the molecule is COCCN(CC(C)C)C(=O)C(C)(N)C1CC1. The van der Waals surface area contributed by atoms with Gasteiger partial charge in [0.05, 0.1) is 12.1 Å². The molecule has 0 aliphatic heterocycles. The number of hydrogen-bond acceptors (Lipinski definition) is 3. The molecule has 100 valence electrons. The maximum absolute atomic E-state index is 12.4. The van der Waals surface area contributed by atoms with Gasteiger partial charge in [0.25, 0.3) is 0 Å². The summed E-state index contributed by atoms with van der Waals surface area (Å²) in [4.78, 5) is 14.3. The Labute approximate surface area is 104 Å². The van der Waals surface area contributed by atoms with E-state index in [-0.39, 0.29) is 5.91 Å². The summed E-state index contributed by atoms with van der Waals surface area (Å²) in [5.74, 6) is 0.892. The Kier molecular flexibility index (Phi) is 4.95. The van der Waals surface area contributed by atoms with Crippen molar-refractivity contribution in [2.24, 2.45) is 17.6 Å². The minimum atomic E-state index is -0.692. The van der Waals surface area contributed by atoms with Crippen molar-refractivity contribution in [3.05, 3.63) is 0 Å². The van der Waals surface area contributed by atoms with Crippen LogP contribution in [0, 0.1) is 11.8 Å². The van der Waals surface area contributed by atoms with Crippen LogP contribution in [-0.2, 0) is 9.53 Å². The molecule has 4 nitrogen and oxygen atoms in total. The largest absolute Gasteiger partial charge is 0.383 e. The molecular weight excluding hydrogens is 216 g/mol. The van der Waals surface area contributed by atoms with Gasteiger partial charge in [-0.15, -0.1) is 0 Å². The van der Waals surface area contributed by atoms with Crippen molar-refractivity contribution in [2.75, 3.05) is 26.8 Å². The first-order valence-electron chi connectivity index (χ1n) is 6.46. The number of hydrogen-bond donors (Lipinski definition) is 1. The van der Waals surface area contributed by atoms with Crippen LogP contribution in [0.3, 0.4) is 0 Å². The third kappa shape index (κ3) is 3.96. The molecule has 0 saturated heterocycles. The fraction of sp³-hybridized carbons (Fsp3) is 0.923. The minimum absolute atomic E-state index is 0.0748. The van der Waals surface area contributed by atoms with Crippen molar-refractivity contribution in [1.82, 2.24) is 4.90 Å². The van der Waals surface area contributed by atoms with Crippen LogP contribution < -0.4 is 5.73 Å². The van der Waals surface area contributed by atoms with E-state index >= 15 is 0 Å². The lowest BCUT2D eigenvalue weighted by atomic mass is 9.95. The molecule has 1 unspecified atom stereocenters. The summed E-state index contributed by atoms with van der Waals surface area (Å²) in [6.45, 7) is 8.04. The van der Waals surface area contributed by atoms with Gasteiger partial charge in [0.15, 0.2) is 0 Å². The Morgan fingerprint density at radius 1 is 1.53 bits per heavy atom. The molecule has 0 aromatic heterocycles. The summed E-state index contributed by atoms with van der Waals surface area (Å²) in [5, 5.41) is 0. The topological polar surface area (TPSA) is 55.6 Å². The number of nitrogens with zero attached hydrogens (tertiary/aromatic N) is 1. The first kappa shape index (κ1) is 14.5. The Bertz CT molecular complexity index is 260. The van der Waals surface area contributed by atoms with E-state index in [4.69, 9.17) is 10.5 Å². The Morgan fingerprint density at radius 2 is 2.12 bits per heavy atom. The number of methoxy groups -OCH3 is 1. The molecule has 1 rings (SSSR count). The molecule has 0 aromatic carbocycles. The second-order valence-electron chi connectivity index (χ2n) is 5.69. The van der Waals surface area contributed by atoms with Crippen molar-refractivity contribution < 1.29 is 9.53 Å². The van der Waals surface area contributed by atoms with Gasteiger partial charge in [-0.2, -0.15) is 0 Å². The second kappa shape index (κ2) is 5.83. The molecule has 1 saturated carbocycles. The van der Waals surface area contributed by atoms with E-state index in [1.54, 1.807) is 7.11 Å². The van der Waals surface area contributed by atoms with Gasteiger partial charge in [-0.3, -0.25) is 4.79 Å². The highest BCUT2D eigenvalue weighted by Crippen LogP contribution is 2.39. The number of ether oxygens (including phenoxy) is 1. The van der Waals surface area contributed by atoms with E-state index in [0.29, 0.717) is 25.0 Å². The summed E-state index contributed by atoms with van der Waals surface area (Å²) < 4.78 is 5.06. The fourth-order valence-electron chi connectivity index (χ4n) is 2.12. The van der Waals surface area contributed by atoms with Crippen LogP contribution in [0.25, 0.3) is 0 Å². The molecule has 1 fully saturated rings. The molecule has 0 radical (unpaired) electrons. The van der Waals surface area contributed by atoms with Crippen molar-refractivity contribution in [3.8, 4) is 0 Å². The van der Waals surface area contributed by atoms with Crippen LogP contribution in [0.1, 0.15) is 33.6 Å². The summed E-state index contributed by atoms with van der Waals surface area (Å²) in [6, 6.07) is 0. The van der Waals surface area contributed by atoms with Crippen LogP contribution in [0.15, 0.2) is 0 Å². The van der Waals surface area contributed by atoms with Crippen LogP contribution in [0.2, 0.25) is 0 Å². The lowest BCUT2D eigenvalue weighted by molar-refractivity contribution is -0.138. The highest BCUT2D eigenvalue weighted by atomic mass is 16.5. The molecule has 0 heterocycles. The third-order valence-corrected chi connectivity index (χ3v) is 3.32. The van der Waals surface area contributed by atoms with Crippen molar-refractivity contribution in [2.45, 2.75) is 39.2 Å². The highest BCUT2D eigenvalue weighted by molar-refractivity contribution is 5.86. The van der Waals surface area contributed by atoms with Crippen LogP contribution in [0.4, 0.5) is 0 Å². The molecule has 0 aromatic rings. The average Bonchev–Trinajstić information content (AvgIpc) is 3.06. The van der Waals surface area contributed by atoms with E-state index in [0.717, 1.165) is 19.4 Å². The molecule has 1 aliphatic carbocycles. The zero-order chi connectivity index (χ0) is 13.1. The number of carbonyl (C=O) groups excluding carboxylic acids is 1. The standard InChI is InChI=1S/C13H26N2O2/c1-10(2)9-15(7-8-17-4)12(16)13(3,14)11-5-6-11/h10-11H,5-9,14H2,1-4H3. The van der Waals surface area contributed by atoms with E-state index in [1.807, 2.05) is 11.8 Å². The lowest BCUT2D eigenvalue weighted by Gasteiger charge is -2.33. The molecule has 1 amide bonds. The molecule has 2 N–H and O–H groups in total. The van der Waals surface area contributed by atoms with Gasteiger partial charge in [0.1, 0.15) is 0 Å². The van der Waals surface area contributed by atoms with Gasteiger partial charge in [0.2, 0.25) is 5.91 Å². The van der Waals surface area contributed by atoms with Gasteiger partial charge in [0, 0.05) is 20.2 Å². The quantitative estimate of drug-likeness (QED) is 0.731. The molecule has 0 spiro atoms. The average molecular weight is 242 g/mol. The molecular formula is C13H26N2O2. The van der Waals surface area contributed by atoms with Gasteiger partial charge < -0.3 is 15.4 Å². The van der Waals surface area contributed by atoms with Crippen molar-refractivity contribution in [3.63, 3.8) is 0 Å². The molecule has 1 aliphatic rings. The molecule has 0 bridgehead atoms. The first-order chi connectivity index (χ1) is 7.89. The van der Waals surface area contributed by atoms with E-state index in [2.05, 4.69) is 13.8 Å². The van der Waals surface area contributed by atoms with Gasteiger partial charge in [-0.1, -0.05) is 13.8 Å². The first-order valence-corrected chi connectivity index (χ1v) is 6.46. The van der Waals surface area contributed by atoms with Crippen molar-refractivity contribution >= 4 is 5.91 Å². The van der Waals surface area contributed by atoms with E-state index in [9.17, 15) is 4.79 Å². The van der Waals surface area contributed by atoms with Gasteiger partial charge in [-0.25, -0.2) is 0 Å². The van der Waals surface area contributed by atoms with Gasteiger partial charge >= 0.3 is 0 Å². The van der Waals surface area contributed by atoms with Crippen LogP contribution in [-0.4, -0.2) is 43.2 Å².